The van der Waals surface area contributed by atoms with Crippen molar-refractivity contribution in [1.29, 1.82) is 0 Å². The van der Waals surface area contributed by atoms with Crippen LogP contribution in [0.4, 0.5) is 0 Å². The molecule has 0 heterocycles. The van der Waals surface area contributed by atoms with Crippen LogP contribution in [-0.4, -0.2) is 22.3 Å². The topological polar surface area (TPSA) is 57.5 Å². The molecular weight excluding hydrogens is 288 g/mol. The van der Waals surface area contributed by atoms with Crippen molar-refractivity contribution < 1.29 is 15.0 Å². The van der Waals surface area contributed by atoms with Gasteiger partial charge in [-0.2, -0.15) is 0 Å². The van der Waals surface area contributed by atoms with E-state index in [1.807, 2.05) is 6.92 Å². The second-order valence-electron chi connectivity index (χ2n) is 7.91. The molecule has 3 nitrogen and oxygen atoms in total. The van der Waals surface area contributed by atoms with Crippen LogP contribution in [0.5, 0.6) is 0 Å². The summed E-state index contributed by atoms with van der Waals surface area (Å²) >= 11 is 0. The Morgan fingerprint density at radius 3 is 2.65 bits per heavy atom. The first-order valence-electron chi connectivity index (χ1n) is 8.57. The largest absolute Gasteiger partial charge is 0.481 e. The molecule has 128 valence electrons. The van der Waals surface area contributed by atoms with Crippen molar-refractivity contribution in [3.63, 3.8) is 0 Å². The number of hydrogen-bond donors (Lipinski definition) is 2. The van der Waals surface area contributed by atoms with Gasteiger partial charge in [0.25, 0.3) is 0 Å². The molecule has 5 atom stereocenters. The second kappa shape index (κ2) is 6.27. The zero-order valence-electron chi connectivity index (χ0n) is 14.5. The Bertz CT molecular complexity index is 535. The molecule has 2 rings (SSSR count). The number of rotatable bonds is 5. The first kappa shape index (κ1) is 18.0. The van der Waals surface area contributed by atoms with E-state index in [1.54, 1.807) is 6.08 Å². The minimum atomic E-state index is -0.685. The van der Waals surface area contributed by atoms with Crippen molar-refractivity contribution in [2.45, 2.75) is 58.5 Å². The van der Waals surface area contributed by atoms with Crippen LogP contribution in [0.15, 0.2) is 37.0 Å². The van der Waals surface area contributed by atoms with Crippen molar-refractivity contribution in [2.24, 2.45) is 22.7 Å². The van der Waals surface area contributed by atoms with Crippen LogP contribution in [0, 0.1) is 22.7 Å². The van der Waals surface area contributed by atoms with Crippen LogP contribution in [0.3, 0.4) is 0 Å². The SMILES string of the molecule is C=CC(=C)[C@@H](O)C[C@H]1C(=C)CC[C@@H]2[C@]1(C)CCC[C@]2(C)C(=O)O. The average Bonchev–Trinajstić information content (AvgIpc) is 2.49. The maximum Gasteiger partial charge on any atom is 0.309 e. The van der Waals surface area contributed by atoms with Crippen molar-refractivity contribution >= 4 is 5.97 Å². The third-order valence-electron chi connectivity index (χ3n) is 6.66. The first-order chi connectivity index (χ1) is 10.7. The van der Waals surface area contributed by atoms with Crippen LogP contribution in [0.25, 0.3) is 0 Å². The fourth-order valence-electron chi connectivity index (χ4n) is 5.15. The molecule has 2 saturated carbocycles. The molecule has 0 aromatic heterocycles. The number of aliphatic hydroxyl groups excluding tert-OH is 1. The molecule has 0 spiro atoms. The lowest BCUT2D eigenvalue weighted by atomic mass is 9.46. The minimum absolute atomic E-state index is 0.122. The summed E-state index contributed by atoms with van der Waals surface area (Å²) in [6.07, 6.45) is 5.90. The summed E-state index contributed by atoms with van der Waals surface area (Å²) in [5.41, 5.74) is 0.977. The minimum Gasteiger partial charge on any atom is -0.481 e. The predicted octanol–water partition coefficient (Wildman–Crippen LogP) is 4.34. The van der Waals surface area contributed by atoms with Gasteiger partial charge in [-0.25, -0.2) is 0 Å². The fourth-order valence-corrected chi connectivity index (χ4v) is 5.15. The van der Waals surface area contributed by atoms with Gasteiger partial charge in [0.2, 0.25) is 0 Å². The lowest BCUT2D eigenvalue weighted by molar-refractivity contribution is -0.164. The Balaban J connectivity index is 2.35. The van der Waals surface area contributed by atoms with Crippen molar-refractivity contribution in [3.05, 3.63) is 37.0 Å². The monoisotopic (exact) mass is 318 g/mol. The highest BCUT2D eigenvalue weighted by Crippen LogP contribution is 2.62. The molecule has 0 unspecified atom stereocenters. The van der Waals surface area contributed by atoms with E-state index in [1.165, 1.54) is 0 Å². The number of hydrogen-bond acceptors (Lipinski definition) is 2. The van der Waals surface area contributed by atoms with E-state index >= 15 is 0 Å². The quantitative estimate of drug-likeness (QED) is 0.585. The lowest BCUT2D eigenvalue weighted by Gasteiger charge is -2.57. The Hall–Kier alpha value is -1.35. The van der Waals surface area contributed by atoms with Gasteiger partial charge < -0.3 is 10.2 Å². The van der Waals surface area contributed by atoms with Crippen LogP contribution in [-0.2, 0) is 4.79 Å². The van der Waals surface area contributed by atoms with Crippen LogP contribution >= 0.6 is 0 Å². The molecule has 2 aliphatic rings. The molecule has 0 aromatic rings. The van der Waals surface area contributed by atoms with Crippen LogP contribution in [0.1, 0.15) is 52.4 Å². The van der Waals surface area contributed by atoms with Crippen LogP contribution < -0.4 is 0 Å². The number of allylic oxidation sites excluding steroid dienone is 1. The van der Waals surface area contributed by atoms with Gasteiger partial charge in [-0.3, -0.25) is 4.79 Å². The zero-order valence-corrected chi connectivity index (χ0v) is 14.5. The molecule has 0 radical (unpaired) electrons. The average molecular weight is 318 g/mol. The molecule has 23 heavy (non-hydrogen) atoms. The van der Waals surface area contributed by atoms with E-state index in [9.17, 15) is 15.0 Å². The molecule has 0 aliphatic heterocycles. The van der Waals surface area contributed by atoms with Gasteiger partial charge in [-0.1, -0.05) is 44.7 Å². The smallest absolute Gasteiger partial charge is 0.309 e. The molecule has 0 aromatic carbocycles. The van der Waals surface area contributed by atoms with Gasteiger partial charge in [0.05, 0.1) is 11.5 Å². The number of carboxylic acids is 1. The Kier molecular flexibility index (Phi) is 4.91. The highest BCUT2D eigenvalue weighted by atomic mass is 16.4. The van der Waals surface area contributed by atoms with E-state index in [4.69, 9.17) is 0 Å². The van der Waals surface area contributed by atoms with Gasteiger partial charge in [0.15, 0.2) is 0 Å². The maximum absolute atomic E-state index is 11.9. The summed E-state index contributed by atoms with van der Waals surface area (Å²) in [5, 5.41) is 20.2. The molecule has 0 amide bonds. The third kappa shape index (κ3) is 2.91. The third-order valence-corrected chi connectivity index (χ3v) is 6.66. The second-order valence-corrected chi connectivity index (χ2v) is 7.91. The normalized spacial score (nSPS) is 38.5. The van der Waals surface area contributed by atoms with Gasteiger partial charge in [0.1, 0.15) is 0 Å². The molecule has 2 fully saturated rings. The summed E-state index contributed by atoms with van der Waals surface area (Å²) in [5.74, 6) is -0.427. The molecule has 3 heteroatoms. The van der Waals surface area contributed by atoms with Crippen LogP contribution in [0.2, 0.25) is 0 Å². The summed E-state index contributed by atoms with van der Waals surface area (Å²) in [4.78, 5) is 11.9. The predicted molar refractivity (Wildman–Crippen MR) is 93.0 cm³/mol. The number of carbonyl (C=O) groups is 1. The number of aliphatic hydroxyl groups is 1. The standard InChI is InChI=1S/C20H30O3/c1-6-13(2)16(21)12-15-14(3)8-9-17-19(15,4)10-7-11-20(17,5)18(22)23/h6,15-17,21H,1-3,7-12H2,4-5H3,(H,22,23)/t15-,16-,17+,19+,20-/m0/s1. The lowest BCUT2D eigenvalue weighted by Crippen LogP contribution is -2.53. The molecular formula is C20H30O3. The molecule has 0 bridgehead atoms. The number of fused-ring (bicyclic) bond motifs is 1. The van der Waals surface area contributed by atoms with Gasteiger partial charge in [0, 0.05) is 0 Å². The number of aliphatic carboxylic acids is 1. The highest BCUT2D eigenvalue weighted by Gasteiger charge is 2.57. The summed E-state index contributed by atoms with van der Waals surface area (Å²) in [6.45, 7) is 15.9. The van der Waals surface area contributed by atoms with E-state index in [0.29, 0.717) is 12.0 Å². The zero-order chi connectivity index (χ0) is 17.4. The van der Waals surface area contributed by atoms with E-state index < -0.39 is 17.5 Å². The van der Waals surface area contributed by atoms with E-state index in [2.05, 4.69) is 26.7 Å². The van der Waals surface area contributed by atoms with Crippen molar-refractivity contribution in [3.8, 4) is 0 Å². The van der Waals surface area contributed by atoms with Gasteiger partial charge >= 0.3 is 5.97 Å². The Morgan fingerprint density at radius 1 is 1.43 bits per heavy atom. The van der Waals surface area contributed by atoms with Gasteiger partial charge in [-0.05, 0) is 61.9 Å². The molecule has 0 saturated heterocycles. The summed E-state index contributed by atoms with van der Waals surface area (Å²) < 4.78 is 0. The van der Waals surface area contributed by atoms with Crippen molar-refractivity contribution in [1.82, 2.24) is 0 Å². The summed E-state index contributed by atoms with van der Waals surface area (Å²) in [7, 11) is 0. The summed E-state index contributed by atoms with van der Waals surface area (Å²) in [6, 6.07) is 0. The Labute approximate surface area is 139 Å². The molecule has 2 N–H and O–H groups in total. The first-order valence-corrected chi connectivity index (χ1v) is 8.57. The number of carboxylic acid groups (broad SMARTS) is 1. The fraction of sp³-hybridized carbons (Fsp3) is 0.650. The molecule has 2 aliphatic carbocycles. The highest BCUT2D eigenvalue weighted by molar-refractivity contribution is 5.75. The Morgan fingerprint density at radius 2 is 2.09 bits per heavy atom. The van der Waals surface area contributed by atoms with E-state index in [0.717, 1.165) is 37.7 Å². The van der Waals surface area contributed by atoms with E-state index in [-0.39, 0.29) is 17.3 Å². The maximum atomic E-state index is 11.9. The van der Waals surface area contributed by atoms with Crippen molar-refractivity contribution in [2.75, 3.05) is 0 Å². The van der Waals surface area contributed by atoms with Gasteiger partial charge in [-0.15, -0.1) is 0 Å².